The molecule has 5 heteroatoms. The summed E-state index contributed by atoms with van der Waals surface area (Å²) >= 11 is 2.00. The molecule has 1 aliphatic heterocycles. The molecule has 0 atom stereocenters. The molecular weight excluding hydrogens is 246 g/mol. The van der Waals surface area contributed by atoms with E-state index in [4.69, 9.17) is 15.9 Å². The molecular formula is C13H27N3OS. The Labute approximate surface area is 115 Å². The first-order valence-electron chi connectivity index (χ1n) is 6.82. The van der Waals surface area contributed by atoms with Crippen LogP contribution in [0.3, 0.4) is 0 Å². The van der Waals surface area contributed by atoms with Gasteiger partial charge in [-0.3, -0.25) is 5.41 Å². The van der Waals surface area contributed by atoms with Gasteiger partial charge in [-0.2, -0.15) is 11.8 Å². The third kappa shape index (κ3) is 4.44. The van der Waals surface area contributed by atoms with Crippen molar-refractivity contribution in [2.24, 2.45) is 5.73 Å². The summed E-state index contributed by atoms with van der Waals surface area (Å²) in [4.78, 5) is 2.45. The van der Waals surface area contributed by atoms with Gasteiger partial charge in [-0.25, -0.2) is 0 Å². The van der Waals surface area contributed by atoms with E-state index in [1.54, 1.807) is 0 Å². The molecule has 18 heavy (non-hydrogen) atoms. The Kier molecular flexibility index (Phi) is 6.46. The maximum absolute atomic E-state index is 7.73. The maximum atomic E-state index is 7.73. The molecule has 1 saturated heterocycles. The van der Waals surface area contributed by atoms with E-state index >= 15 is 0 Å². The zero-order valence-electron chi connectivity index (χ0n) is 11.9. The second-order valence-electron chi connectivity index (χ2n) is 5.10. The molecule has 0 aromatic carbocycles. The number of piperidine rings is 1. The zero-order chi connectivity index (χ0) is 13.6. The van der Waals surface area contributed by atoms with Crippen LogP contribution in [0.15, 0.2) is 0 Å². The van der Waals surface area contributed by atoms with E-state index < -0.39 is 5.60 Å². The van der Waals surface area contributed by atoms with Crippen LogP contribution in [0.25, 0.3) is 0 Å². The smallest absolute Gasteiger partial charge is 0.127 e. The number of nitrogens with two attached hydrogens (primary N) is 1. The van der Waals surface area contributed by atoms with Crippen molar-refractivity contribution in [3.05, 3.63) is 0 Å². The molecule has 0 spiro atoms. The molecule has 0 aliphatic carbocycles. The molecule has 0 saturated carbocycles. The van der Waals surface area contributed by atoms with Crippen molar-refractivity contribution in [3.63, 3.8) is 0 Å². The summed E-state index contributed by atoms with van der Waals surface area (Å²) in [6.45, 7) is 10.2. The maximum Gasteiger partial charge on any atom is 0.127 e. The molecule has 0 radical (unpaired) electrons. The van der Waals surface area contributed by atoms with Crippen LogP contribution < -0.4 is 5.73 Å². The van der Waals surface area contributed by atoms with Gasteiger partial charge in [-0.05, 0) is 25.0 Å². The second kappa shape index (κ2) is 7.36. The SMILES string of the molecule is CCOC1(C(=N)N)CCN(CCSC(C)C)CC1. The van der Waals surface area contributed by atoms with Gasteiger partial charge in [0, 0.05) is 32.0 Å². The molecule has 0 bridgehead atoms. The largest absolute Gasteiger partial charge is 0.385 e. The number of ether oxygens (including phenoxy) is 1. The van der Waals surface area contributed by atoms with E-state index in [0.29, 0.717) is 11.9 Å². The van der Waals surface area contributed by atoms with Crippen molar-refractivity contribution >= 4 is 17.6 Å². The van der Waals surface area contributed by atoms with Crippen LogP contribution in [0.1, 0.15) is 33.6 Å². The average Bonchev–Trinajstić information content (AvgIpc) is 2.31. The topological polar surface area (TPSA) is 62.3 Å². The van der Waals surface area contributed by atoms with Crippen molar-refractivity contribution in [3.8, 4) is 0 Å². The zero-order valence-corrected chi connectivity index (χ0v) is 12.7. The van der Waals surface area contributed by atoms with Gasteiger partial charge in [0.05, 0.1) is 0 Å². The minimum Gasteiger partial charge on any atom is -0.385 e. The van der Waals surface area contributed by atoms with Crippen LogP contribution >= 0.6 is 11.8 Å². The predicted molar refractivity (Wildman–Crippen MR) is 79.5 cm³/mol. The number of hydrogen-bond acceptors (Lipinski definition) is 4. The fourth-order valence-electron chi connectivity index (χ4n) is 2.32. The van der Waals surface area contributed by atoms with Crippen LogP contribution in [-0.4, -0.2) is 53.6 Å². The molecule has 0 amide bonds. The molecule has 106 valence electrons. The Morgan fingerprint density at radius 2 is 2.06 bits per heavy atom. The number of thioether (sulfide) groups is 1. The van der Waals surface area contributed by atoms with Crippen LogP contribution in [-0.2, 0) is 4.74 Å². The molecule has 1 fully saturated rings. The van der Waals surface area contributed by atoms with Gasteiger partial charge in [-0.15, -0.1) is 0 Å². The highest BCUT2D eigenvalue weighted by molar-refractivity contribution is 7.99. The first-order valence-corrected chi connectivity index (χ1v) is 7.87. The molecule has 1 aliphatic rings. The van der Waals surface area contributed by atoms with E-state index in [0.717, 1.165) is 32.5 Å². The third-order valence-electron chi connectivity index (χ3n) is 3.43. The fraction of sp³-hybridized carbons (Fsp3) is 0.923. The molecule has 0 aromatic rings. The van der Waals surface area contributed by atoms with Gasteiger partial charge in [-0.1, -0.05) is 13.8 Å². The van der Waals surface area contributed by atoms with Crippen molar-refractivity contribution in [2.75, 3.05) is 32.0 Å². The quantitative estimate of drug-likeness (QED) is 0.549. The van der Waals surface area contributed by atoms with Crippen molar-refractivity contribution in [1.29, 1.82) is 5.41 Å². The van der Waals surface area contributed by atoms with Gasteiger partial charge in [0.25, 0.3) is 0 Å². The van der Waals surface area contributed by atoms with Gasteiger partial charge >= 0.3 is 0 Å². The van der Waals surface area contributed by atoms with Gasteiger partial charge in [0.15, 0.2) is 0 Å². The van der Waals surface area contributed by atoms with Gasteiger partial charge < -0.3 is 15.4 Å². The number of likely N-dealkylation sites (tertiary alicyclic amines) is 1. The lowest BCUT2D eigenvalue weighted by Gasteiger charge is -2.40. The molecule has 0 unspecified atom stereocenters. The molecule has 1 heterocycles. The normalized spacial score (nSPS) is 20.2. The van der Waals surface area contributed by atoms with Crippen molar-refractivity contribution < 1.29 is 4.74 Å². The van der Waals surface area contributed by atoms with Crippen molar-refractivity contribution in [1.82, 2.24) is 4.90 Å². The van der Waals surface area contributed by atoms with E-state index in [1.807, 2.05) is 18.7 Å². The van der Waals surface area contributed by atoms with Crippen LogP contribution in [0.2, 0.25) is 0 Å². The fourth-order valence-corrected chi connectivity index (χ4v) is 3.16. The summed E-state index contributed by atoms with van der Waals surface area (Å²) in [6.07, 6.45) is 1.70. The summed E-state index contributed by atoms with van der Waals surface area (Å²) in [5.41, 5.74) is 5.22. The molecule has 1 rings (SSSR count). The number of nitrogens with zero attached hydrogens (tertiary/aromatic N) is 1. The lowest BCUT2D eigenvalue weighted by Crippen LogP contribution is -2.54. The van der Waals surface area contributed by atoms with E-state index in [-0.39, 0.29) is 5.84 Å². The summed E-state index contributed by atoms with van der Waals surface area (Å²) in [6, 6.07) is 0. The standard InChI is InChI=1S/C13H27N3OS/c1-4-17-13(12(14)15)5-7-16(8-6-13)9-10-18-11(2)3/h11H,4-10H2,1-3H3,(H3,14,15). The molecule has 0 aromatic heterocycles. The van der Waals surface area contributed by atoms with Crippen LogP contribution in [0.5, 0.6) is 0 Å². The Morgan fingerprint density at radius 1 is 1.44 bits per heavy atom. The first kappa shape index (κ1) is 15.8. The molecule has 4 nitrogen and oxygen atoms in total. The first-order chi connectivity index (χ1) is 8.50. The second-order valence-corrected chi connectivity index (χ2v) is 6.79. The van der Waals surface area contributed by atoms with Crippen LogP contribution in [0.4, 0.5) is 0 Å². The minimum absolute atomic E-state index is 0.195. The number of nitrogens with one attached hydrogen (secondary N) is 1. The lowest BCUT2D eigenvalue weighted by atomic mass is 9.90. The minimum atomic E-state index is -0.490. The monoisotopic (exact) mass is 273 g/mol. The number of rotatable bonds is 7. The van der Waals surface area contributed by atoms with E-state index in [9.17, 15) is 0 Å². The Hall–Kier alpha value is -0.260. The van der Waals surface area contributed by atoms with Gasteiger partial charge in [0.1, 0.15) is 11.4 Å². The highest BCUT2D eigenvalue weighted by Gasteiger charge is 2.38. The van der Waals surface area contributed by atoms with Crippen LogP contribution in [0, 0.1) is 5.41 Å². The third-order valence-corrected chi connectivity index (χ3v) is 4.52. The predicted octanol–water partition coefficient (Wildman–Crippen LogP) is 1.94. The Morgan fingerprint density at radius 3 is 2.50 bits per heavy atom. The summed E-state index contributed by atoms with van der Waals surface area (Å²) in [5.74, 6) is 1.37. The summed E-state index contributed by atoms with van der Waals surface area (Å²) in [5, 5.41) is 8.43. The van der Waals surface area contributed by atoms with E-state index in [1.165, 1.54) is 5.75 Å². The molecule has 3 N–H and O–H groups in total. The highest BCUT2D eigenvalue weighted by atomic mass is 32.2. The van der Waals surface area contributed by atoms with E-state index in [2.05, 4.69) is 18.7 Å². The number of amidine groups is 1. The number of hydrogen-bond donors (Lipinski definition) is 2. The lowest BCUT2D eigenvalue weighted by molar-refractivity contribution is -0.0298. The average molecular weight is 273 g/mol. The summed E-state index contributed by atoms with van der Waals surface area (Å²) in [7, 11) is 0. The highest BCUT2D eigenvalue weighted by Crippen LogP contribution is 2.26. The van der Waals surface area contributed by atoms with Gasteiger partial charge in [0.2, 0.25) is 0 Å². The Bertz CT molecular complexity index is 263. The Balaban J connectivity index is 2.36. The van der Waals surface area contributed by atoms with Crippen molar-refractivity contribution in [2.45, 2.75) is 44.5 Å². The summed E-state index contributed by atoms with van der Waals surface area (Å²) < 4.78 is 5.74.